The first kappa shape index (κ1) is 19.2. The highest BCUT2D eigenvalue weighted by molar-refractivity contribution is 7.92. The molecule has 2 aromatic carbocycles. The molecular formula is C19H20Cl2N2O2S. The summed E-state index contributed by atoms with van der Waals surface area (Å²) in [5, 5.41) is 0.977. The number of carbonyl (C=O) groups is 1. The highest BCUT2D eigenvalue weighted by Crippen LogP contribution is 2.39. The molecule has 7 heteroatoms. The van der Waals surface area contributed by atoms with Crippen LogP contribution in [0.2, 0.25) is 10.0 Å². The van der Waals surface area contributed by atoms with Crippen LogP contribution in [0.4, 0.5) is 5.69 Å². The Hall–Kier alpha value is -1.56. The average Bonchev–Trinajstić information content (AvgIpc) is 2.88. The van der Waals surface area contributed by atoms with E-state index in [0.717, 1.165) is 11.1 Å². The molecule has 0 radical (unpaired) electrons. The van der Waals surface area contributed by atoms with E-state index < -0.39 is 9.73 Å². The van der Waals surface area contributed by atoms with Gasteiger partial charge >= 0.3 is 0 Å². The molecule has 0 saturated heterocycles. The highest BCUT2D eigenvalue weighted by atomic mass is 35.5. The van der Waals surface area contributed by atoms with Gasteiger partial charge in [-0.25, -0.2) is 4.21 Å². The lowest BCUT2D eigenvalue weighted by Gasteiger charge is -2.22. The van der Waals surface area contributed by atoms with E-state index in [1.807, 2.05) is 25.1 Å². The van der Waals surface area contributed by atoms with E-state index in [1.54, 1.807) is 35.6 Å². The molecule has 26 heavy (non-hydrogen) atoms. The van der Waals surface area contributed by atoms with Crippen molar-refractivity contribution in [3.63, 3.8) is 0 Å². The van der Waals surface area contributed by atoms with Crippen LogP contribution in [0.25, 0.3) is 0 Å². The Bertz CT molecular complexity index is 969. The summed E-state index contributed by atoms with van der Waals surface area (Å²) >= 11 is 12.4. The Labute approximate surface area is 164 Å². The topological polar surface area (TPSA) is 49.7 Å². The number of nitrogens with zero attached hydrogens (tertiary/aromatic N) is 2. The third-order valence-electron chi connectivity index (χ3n) is 4.46. The third-order valence-corrected chi connectivity index (χ3v) is 5.81. The molecule has 0 bridgehead atoms. The van der Waals surface area contributed by atoms with Crippen molar-refractivity contribution < 1.29 is 9.00 Å². The highest BCUT2D eigenvalue weighted by Gasteiger charge is 2.32. The number of hydrogen-bond acceptors (Lipinski definition) is 3. The minimum Gasteiger partial charge on any atom is -0.331 e. The molecule has 0 saturated carbocycles. The second-order valence-electron chi connectivity index (χ2n) is 6.69. The minimum absolute atomic E-state index is 0.0524. The predicted octanol–water partition coefficient (Wildman–Crippen LogP) is 5.00. The van der Waals surface area contributed by atoms with Crippen molar-refractivity contribution >= 4 is 44.5 Å². The maximum atomic E-state index is 12.9. The lowest BCUT2D eigenvalue weighted by molar-refractivity contribution is -0.132. The van der Waals surface area contributed by atoms with Gasteiger partial charge in [-0.3, -0.25) is 4.79 Å². The summed E-state index contributed by atoms with van der Waals surface area (Å²) in [5.41, 5.74) is 3.32. The van der Waals surface area contributed by atoms with E-state index in [1.165, 1.54) is 0 Å². The first-order chi connectivity index (χ1) is 12.2. The van der Waals surface area contributed by atoms with Crippen molar-refractivity contribution in [1.82, 2.24) is 4.90 Å². The standard InChI is InChI=1S/C19H20Cl2N2O2S/c1-12-13-6-4-9-18(22-26(2,3)25)15(13)11-23(12)19(24)10-14-16(20)7-5-8-17(14)21/h4-9,12H,10-11H2,1-3H3/t12-/m0/s1. The molecule has 0 spiro atoms. The van der Waals surface area contributed by atoms with Crippen LogP contribution in [0.5, 0.6) is 0 Å². The van der Waals surface area contributed by atoms with Crippen LogP contribution < -0.4 is 0 Å². The lowest BCUT2D eigenvalue weighted by atomic mass is 10.0. The van der Waals surface area contributed by atoms with Gasteiger partial charge in [0.05, 0.1) is 18.2 Å². The summed E-state index contributed by atoms with van der Waals surface area (Å²) in [5.74, 6) is -0.0524. The fourth-order valence-corrected chi connectivity index (χ4v) is 4.39. The molecule has 0 unspecified atom stereocenters. The largest absolute Gasteiger partial charge is 0.331 e. The van der Waals surface area contributed by atoms with Crippen LogP contribution in [0.1, 0.15) is 29.7 Å². The van der Waals surface area contributed by atoms with Gasteiger partial charge in [-0.2, -0.15) is 4.36 Å². The molecule has 0 aliphatic carbocycles. The number of benzene rings is 2. The van der Waals surface area contributed by atoms with E-state index in [-0.39, 0.29) is 18.4 Å². The van der Waals surface area contributed by atoms with Gasteiger partial charge in [0.15, 0.2) is 0 Å². The number of halogens is 2. The van der Waals surface area contributed by atoms with Gasteiger partial charge in [-0.1, -0.05) is 41.4 Å². The van der Waals surface area contributed by atoms with Crippen LogP contribution in [0.15, 0.2) is 40.8 Å². The Morgan fingerprint density at radius 2 is 1.81 bits per heavy atom. The van der Waals surface area contributed by atoms with Crippen molar-refractivity contribution in [3.8, 4) is 0 Å². The number of rotatable bonds is 3. The van der Waals surface area contributed by atoms with Crippen molar-refractivity contribution in [2.24, 2.45) is 4.36 Å². The second-order valence-corrected chi connectivity index (χ2v) is 10.1. The molecule has 1 amide bonds. The molecule has 4 nitrogen and oxygen atoms in total. The normalized spacial score (nSPS) is 16.5. The van der Waals surface area contributed by atoms with Crippen LogP contribution in [0.3, 0.4) is 0 Å². The summed E-state index contributed by atoms with van der Waals surface area (Å²) in [6.45, 7) is 2.42. The summed E-state index contributed by atoms with van der Waals surface area (Å²) in [6.07, 6.45) is 3.35. The Morgan fingerprint density at radius 3 is 2.42 bits per heavy atom. The summed E-state index contributed by atoms with van der Waals surface area (Å²) < 4.78 is 16.4. The van der Waals surface area contributed by atoms with Crippen molar-refractivity contribution in [2.75, 3.05) is 12.5 Å². The van der Waals surface area contributed by atoms with Crippen molar-refractivity contribution in [1.29, 1.82) is 0 Å². The van der Waals surface area contributed by atoms with Gasteiger partial charge < -0.3 is 4.90 Å². The summed E-state index contributed by atoms with van der Waals surface area (Å²) in [4.78, 5) is 14.7. The molecule has 0 N–H and O–H groups in total. The molecule has 1 aliphatic heterocycles. The van der Waals surface area contributed by atoms with Crippen molar-refractivity contribution in [3.05, 3.63) is 63.1 Å². The van der Waals surface area contributed by atoms with E-state index in [2.05, 4.69) is 4.36 Å². The van der Waals surface area contributed by atoms with Gasteiger partial charge in [-0.15, -0.1) is 0 Å². The van der Waals surface area contributed by atoms with E-state index in [0.29, 0.717) is 27.8 Å². The first-order valence-electron chi connectivity index (χ1n) is 8.18. The molecular weight excluding hydrogens is 391 g/mol. The fraction of sp³-hybridized carbons (Fsp3) is 0.316. The van der Waals surface area contributed by atoms with Gasteiger partial charge in [-0.05, 0) is 36.2 Å². The smallest absolute Gasteiger partial charge is 0.227 e. The zero-order chi connectivity index (χ0) is 19.1. The monoisotopic (exact) mass is 410 g/mol. The fourth-order valence-electron chi connectivity index (χ4n) is 3.21. The Balaban J connectivity index is 1.91. The molecule has 1 heterocycles. The minimum atomic E-state index is -2.28. The second kappa shape index (κ2) is 7.22. The summed E-state index contributed by atoms with van der Waals surface area (Å²) in [6, 6.07) is 10.9. The van der Waals surface area contributed by atoms with E-state index >= 15 is 0 Å². The quantitative estimate of drug-likeness (QED) is 0.714. The SMILES string of the molecule is C[C@H]1c2cccc(N=S(C)(C)=O)c2CN1C(=O)Cc1c(Cl)cccc1Cl. The lowest BCUT2D eigenvalue weighted by Crippen LogP contribution is -2.29. The molecule has 1 aliphatic rings. The van der Waals surface area contributed by atoms with Gasteiger partial charge in [0.1, 0.15) is 0 Å². The molecule has 2 aromatic rings. The van der Waals surface area contributed by atoms with Gasteiger partial charge in [0.2, 0.25) is 5.91 Å². The summed E-state index contributed by atoms with van der Waals surface area (Å²) in [7, 11) is -2.28. The number of fused-ring (bicyclic) bond motifs is 1. The van der Waals surface area contributed by atoms with E-state index in [9.17, 15) is 9.00 Å². The molecule has 3 rings (SSSR count). The van der Waals surface area contributed by atoms with Crippen LogP contribution >= 0.6 is 23.2 Å². The maximum absolute atomic E-state index is 12.9. The van der Waals surface area contributed by atoms with Crippen LogP contribution in [-0.2, 0) is 27.5 Å². The molecule has 1 atom stereocenters. The number of carbonyl (C=O) groups excluding carboxylic acids is 1. The van der Waals surface area contributed by atoms with Crippen LogP contribution in [0, 0.1) is 0 Å². The predicted molar refractivity (Wildman–Crippen MR) is 108 cm³/mol. The van der Waals surface area contributed by atoms with Gasteiger partial charge in [0, 0.05) is 44.4 Å². The van der Waals surface area contributed by atoms with Crippen LogP contribution in [-0.4, -0.2) is 27.5 Å². The Morgan fingerprint density at radius 1 is 1.19 bits per heavy atom. The first-order valence-corrected chi connectivity index (χ1v) is 11.3. The average molecular weight is 411 g/mol. The van der Waals surface area contributed by atoms with Crippen molar-refractivity contribution in [2.45, 2.75) is 25.9 Å². The number of amides is 1. The van der Waals surface area contributed by atoms with E-state index in [4.69, 9.17) is 23.2 Å². The molecule has 138 valence electrons. The van der Waals surface area contributed by atoms with Gasteiger partial charge in [0.25, 0.3) is 0 Å². The molecule has 0 fully saturated rings. The Kier molecular flexibility index (Phi) is 5.33. The zero-order valence-corrected chi connectivity index (χ0v) is 17.2. The zero-order valence-electron chi connectivity index (χ0n) is 14.8. The molecule has 0 aromatic heterocycles. The number of hydrogen-bond donors (Lipinski definition) is 0. The maximum Gasteiger partial charge on any atom is 0.227 e. The third kappa shape index (κ3) is 3.90.